The van der Waals surface area contributed by atoms with Crippen LogP contribution in [0.5, 0.6) is 0 Å². The van der Waals surface area contributed by atoms with Crippen LogP contribution in [0.15, 0.2) is 0 Å². The van der Waals surface area contributed by atoms with Crippen molar-refractivity contribution in [1.82, 2.24) is 5.32 Å². The van der Waals surface area contributed by atoms with Crippen LogP contribution >= 0.6 is 11.3 Å². The highest BCUT2D eigenvalue weighted by Gasteiger charge is 2.20. The van der Waals surface area contributed by atoms with Gasteiger partial charge in [-0.15, -0.1) is 11.3 Å². The molecule has 2 heterocycles. The minimum Gasteiger partial charge on any atom is -0.312 e. The third-order valence-electron chi connectivity index (χ3n) is 2.94. The summed E-state index contributed by atoms with van der Waals surface area (Å²) in [6, 6.07) is 0. The largest absolute Gasteiger partial charge is 0.312 e. The molecular formula is C12H19NS. The van der Waals surface area contributed by atoms with E-state index in [4.69, 9.17) is 0 Å². The van der Waals surface area contributed by atoms with Crippen molar-refractivity contribution < 1.29 is 0 Å². The van der Waals surface area contributed by atoms with Crippen LogP contribution in [0.3, 0.4) is 0 Å². The monoisotopic (exact) mass is 209 g/mol. The summed E-state index contributed by atoms with van der Waals surface area (Å²) in [5, 5.41) is 3.45. The van der Waals surface area contributed by atoms with Gasteiger partial charge >= 0.3 is 0 Å². The number of rotatable bonds is 2. The maximum absolute atomic E-state index is 3.45. The standard InChI is InChI=1S/C12H19NS/c1-4-10-12(8(2)3)9-5-6-13-7-11(9)14-10/h8,13H,4-7H2,1-3H3. The van der Waals surface area contributed by atoms with Crippen molar-refractivity contribution in [2.45, 2.75) is 46.1 Å². The van der Waals surface area contributed by atoms with Crippen LogP contribution in [-0.4, -0.2) is 6.54 Å². The summed E-state index contributed by atoms with van der Waals surface area (Å²) in [5.74, 6) is 0.697. The predicted octanol–water partition coefficient (Wildman–Crippen LogP) is 3.08. The minimum atomic E-state index is 0.697. The highest BCUT2D eigenvalue weighted by atomic mass is 32.1. The molecule has 0 saturated heterocycles. The van der Waals surface area contributed by atoms with Gasteiger partial charge < -0.3 is 5.32 Å². The lowest BCUT2D eigenvalue weighted by Gasteiger charge is -2.16. The summed E-state index contributed by atoms with van der Waals surface area (Å²) in [6.07, 6.45) is 2.44. The topological polar surface area (TPSA) is 12.0 Å². The van der Waals surface area contributed by atoms with Crippen molar-refractivity contribution >= 4 is 11.3 Å². The molecule has 0 saturated carbocycles. The first-order valence-corrected chi connectivity index (χ1v) is 6.39. The summed E-state index contributed by atoms with van der Waals surface area (Å²) in [6.45, 7) is 9.18. The highest BCUT2D eigenvalue weighted by molar-refractivity contribution is 7.12. The van der Waals surface area contributed by atoms with Crippen LogP contribution in [0.1, 0.15) is 47.6 Å². The zero-order valence-corrected chi connectivity index (χ0v) is 10.1. The van der Waals surface area contributed by atoms with E-state index in [2.05, 4.69) is 26.1 Å². The minimum absolute atomic E-state index is 0.697. The van der Waals surface area contributed by atoms with Gasteiger partial charge in [-0.1, -0.05) is 20.8 Å². The van der Waals surface area contributed by atoms with Crippen molar-refractivity contribution in [3.8, 4) is 0 Å². The lowest BCUT2D eigenvalue weighted by molar-refractivity contribution is 0.645. The normalized spacial score (nSPS) is 16.0. The van der Waals surface area contributed by atoms with E-state index in [0.717, 1.165) is 13.1 Å². The molecule has 0 atom stereocenters. The predicted molar refractivity (Wildman–Crippen MR) is 63.2 cm³/mol. The number of hydrogen-bond donors (Lipinski definition) is 1. The summed E-state index contributed by atoms with van der Waals surface area (Å²) < 4.78 is 0. The summed E-state index contributed by atoms with van der Waals surface area (Å²) >= 11 is 2.03. The molecule has 1 aliphatic rings. The van der Waals surface area contributed by atoms with Crippen LogP contribution in [0.25, 0.3) is 0 Å². The van der Waals surface area contributed by atoms with Crippen LogP contribution < -0.4 is 5.32 Å². The molecule has 1 aromatic rings. The second-order valence-electron chi connectivity index (χ2n) is 4.28. The fourth-order valence-electron chi connectivity index (χ4n) is 2.35. The van der Waals surface area contributed by atoms with Gasteiger partial charge in [-0.3, -0.25) is 0 Å². The Balaban J connectivity index is 2.48. The lowest BCUT2D eigenvalue weighted by atomic mass is 9.94. The molecule has 0 aromatic carbocycles. The molecule has 2 heteroatoms. The fourth-order valence-corrected chi connectivity index (χ4v) is 3.77. The van der Waals surface area contributed by atoms with Crippen molar-refractivity contribution in [2.75, 3.05) is 6.54 Å². The summed E-state index contributed by atoms with van der Waals surface area (Å²) in [4.78, 5) is 3.21. The molecular weight excluding hydrogens is 190 g/mol. The van der Waals surface area contributed by atoms with Crippen molar-refractivity contribution in [2.24, 2.45) is 0 Å². The Bertz CT molecular complexity index is 325. The van der Waals surface area contributed by atoms with Crippen molar-refractivity contribution in [1.29, 1.82) is 0 Å². The SMILES string of the molecule is CCc1sc2c(c1C(C)C)CCNC2. The van der Waals surface area contributed by atoms with Gasteiger partial charge in [-0.05, 0) is 36.4 Å². The Hall–Kier alpha value is -0.340. The van der Waals surface area contributed by atoms with Gasteiger partial charge in [0.15, 0.2) is 0 Å². The van der Waals surface area contributed by atoms with Gasteiger partial charge in [0.1, 0.15) is 0 Å². The van der Waals surface area contributed by atoms with Crippen LogP contribution in [-0.2, 0) is 19.4 Å². The Morgan fingerprint density at radius 1 is 1.43 bits per heavy atom. The van der Waals surface area contributed by atoms with E-state index in [-0.39, 0.29) is 0 Å². The molecule has 2 rings (SSSR count). The summed E-state index contributed by atoms with van der Waals surface area (Å²) in [7, 11) is 0. The van der Waals surface area contributed by atoms with Crippen molar-refractivity contribution in [3.05, 3.63) is 20.9 Å². The van der Waals surface area contributed by atoms with Gasteiger partial charge in [0.05, 0.1) is 0 Å². The molecule has 0 unspecified atom stereocenters. The molecule has 0 radical (unpaired) electrons. The van der Waals surface area contributed by atoms with E-state index in [1.165, 1.54) is 12.8 Å². The number of thiophene rings is 1. The van der Waals surface area contributed by atoms with E-state index >= 15 is 0 Å². The molecule has 78 valence electrons. The smallest absolute Gasteiger partial charge is 0.0302 e. The number of hydrogen-bond acceptors (Lipinski definition) is 2. The van der Waals surface area contributed by atoms with Crippen LogP contribution in [0.2, 0.25) is 0 Å². The molecule has 0 aliphatic carbocycles. The van der Waals surface area contributed by atoms with Gasteiger partial charge in [0.2, 0.25) is 0 Å². The molecule has 1 N–H and O–H groups in total. The third kappa shape index (κ3) is 1.61. The molecule has 0 amide bonds. The zero-order chi connectivity index (χ0) is 10.1. The maximum Gasteiger partial charge on any atom is 0.0302 e. The maximum atomic E-state index is 3.45. The highest BCUT2D eigenvalue weighted by Crippen LogP contribution is 2.35. The van der Waals surface area contributed by atoms with Gasteiger partial charge in [0, 0.05) is 16.3 Å². The average Bonchev–Trinajstić information content (AvgIpc) is 2.55. The van der Waals surface area contributed by atoms with Crippen LogP contribution in [0, 0.1) is 0 Å². The van der Waals surface area contributed by atoms with E-state index in [1.807, 2.05) is 11.3 Å². The Kier molecular flexibility index (Phi) is 2.93. The van der Waals surface area contributed by atoms with E-state index in [0.29, 0.717) is 5.92 Å². The number of aryl methyl sites for hydroxylation is 1. The average molecular weight is 209 g/mol. The third-order valence-corrected chi connectivity index (χ3v) is 4.34. The quantitative estimate of drug-likeness (QED) is 0.789. The van der Waals surface area contributed by atoms with E-state index in [1.54, 1.807) is 20.9 Å². The first-order chi connectivity index (χ1) is 6.74. The van der Waals surface area contributed by atoms with Crippen LogP contribution in [0.4, 0.5) is 0 Å². The second kappa shape index (κ2) is 4.03. The van der Waals surface area contributed by atoms with E-state index < -0.39 is 0 Å². The Morgan fingerprint density at radius 3 is 2.86 bits per heavy atom. The first kappa shape index (κ1) is 10.2. The fraction of sp³-hybridized carbons (Fsp3) is 0.667. The van der Waals surface area contributed by atoms with Gasteiger partial charge in [-0.25, -0.2) is 0 Å². The summed E-state index contributed by atoms with van der Waals surface area (Å²) in [5.41, 5.74) is 3.33. The van der Waals surface area contributed by atoms with Crippen molar-refractivity contribution in [3.63, 3.8) is 0 Å². The molecule has 1 aromatic heterocycles. The second-order valence-corrected chi connectivity index (χ2v) is 5.47. The van der Waals surface area contributed by atoms with Gasteiger partial charge in [0.25, 0.3) is 0 Å². The first-order valence-electron chi connectivity index (χ1n) is 5.58. The number of nitrogens with one attached hydrogen (secondary N) is 1. The Labute approximate surface area is 90.5 Å². The molecule has 14 heavy (non-hydrogen) atoms. The number of fused-ring (bicyclic) bond motifs is 1. The molecule has 0 bridgehead atoms. The molecule has 0 fully saturated rings. The molecule has 1 aliphatic heterocycles. The van der Waals surface area contributed by atoms with Gasteiger partial charge in [-0.2, -0.15) is 0 Å². The lowest BCUT2D eigenvalue weighted by Crippen LogP contribution is -2.22. The zero-order valence-electron chi connectivity index (χ0n) is 9.31. The molecule has 0 spiro atoms. The van der Waals surface area contributed by atoms with E-state index in [9.17, 15) is 0 Å². The molecule has 1 nitrogen and oxygen atoms in total. The Morgan fingerprint density at radius 2 is 2.21 bits per heavy atom.